The van der Waals surface area contributed by atoms with Crippen molar-refractivity contribution in [2.75, 3.05) is 7.11 Å². The molecule has 0 spiro atoms. The molecule has 0 amide bonds. The Hall–Kier alpha value is -2.33. The number of aliphatic hydroxyl groups is 1. The number of pyridine rings is 1. The Labute approximate surface area is 147 Å². The lowest BCUT2D eigenvalue weighted by Crippen LogP contribution is -2.32. The molecule has 2 aromatic heterocycles. The van der Waals surface area contributed by atoms with Crippen molar-refractivity contribution >= 4 is 5.65 Å². The van der Waals surface area contributed by atoms with Gasteiger partial charge in [-0.25, -0.2) is 4.98 Å². The lowest BCUT2D eigenvalue weighted by atomic mass is 9.75. The Morgan fingerprint density at radius 1 is 1.28 bits per heavy atom. The third-order valence-electron chi connectivity index (χ3n) is 5.90. The summed E-state index contributed by atoms with van der Waals surface area (Å²) < 4.78 is 7.55. The summed E-state index contributed by atoms with van der Waals surface area (Å²) >= 11 is 0. The van der Waals surface area contributed by atoms with E-state index in [9.17, 15) is 5.11 Å². The third kappa shape index (κ3) is 2.07. The summed E-state index contributed by atoms with van der Waals surface area (Å²) in [5.41, 5.74) is 5.54. The topological polar surface area (TPSA) is 46.8 Å². The molecule has 0 saturated heterocycles. The van der Waals surface area contributed by atoms with Crippen LogP contribution in [0.3, 0.4) is 0 Å². The monoisotopic (exact) mass is 334 g/mol. The number of hydrogen-bond acceptors (Lipinski definition) is 3. The van der Waals surface area contributed by atoms with Gasteiger partial charge in [0.15, 0.2) is 0 Å². The molecule has 1 saturated carbocycles. The number of hydrogen-bond donors (Lipinski definition) is 1. The number of fused-ring (bicyclic) bond motifs is 9. The quantitative estimate of drug-likeness (QED) is 0.726. The summed E-state index contributed by atoms with van der Waals surface area (Å²) in [5.74, 6) is 1.22. The minimum Gasteiger partial charge on any atom is -0.497 e. The van der Waals surface area contributed by atoms with Gasteiger partial charge in [-0.2, -0.15) is 0 Å². The Morgan fingerprint density at radius 2 is 2.16 bits per heavy atom. The van der Waals surface area contributed by atoms with Crippen LogP contribution in [0.4, 0.5) is 0 Å². The van der Waals surface area contributed by atoms with Crippen molar-refractivity contribution in [3.8, 4) is 17.0 Å². The number of imidazole rings is 1. The number of nitrogens with zero attached hydrogens (tertiary/aromatic N) is 2. The summed E-state index contributed by atoms with van der Waals surface area (Å²) in [6.45, 7) is 2.07. The first-order valence-corrected chi connectivity index (χ1v) is 8.99. The second kappa shape index (κ2) is 5.09. The molecule has 0 radical (unpaired) electrons. The molecule has 4 nitrogen and oxygen atoms in total. The SMILES string of the molecule is COc1ccc2c(c1)[C@H]1CCC[C@](O)(C1)c1c-2nc2cc(C)ccn12. The van der Waals surface area contributed by atoms with E-state index in [1.807, 2.05) is 12.3 Å². The highest BCUT2D eigenvalue weighted by molar-refractivity contribution is 5.73. The van der Waals surface area contributed by atoms with Crippen molar-refractivity contribution in [3.05, 3.63) is 53.3 Å². The largest absolute Gasteiger partial charge is 0.497 e. The standard InChI is InChI=1S/C21H22N2O2/c1-13-7-9-23-18(10-13)22-19-16-6-5-15(25-2)11-17(16)14-4-3-8-21(24,12-14)20(19)23/h5-7,9-11,14,24H,3-4,8,12H2,1-2H3/t14-,21-/m0/s1. The van der Waals surface area contributed by atoms with Gasteiger partial charge in [0.05, 0.1) is 18.5 Å². The van der Waals surface area contributed by atoms with Gasteiger partial charge in [-0.3, -0.25) is 0 Å². The van der Waals surface area contributed by atoms with Crippen LogP contribution in [0.15, 0.2) is 36.5 Å². The van der Waals surface area contributed by atoms with Crippen LogP contribution in [0, 0.1) is 6.92 Å². The van der Waals surface area contributed by atoms with Crippen molar-refractivity contribution < 1.29 is 9.84 Å². The average molecular weight is 334 g/mol. The Balaban J connectivity index is 1.88. The van der Waals surface area contributed by atoms with Gasteiger partial charge in [0.25, 0.3) is 0 Å². The molecule has 3 aromatic rings. The molecule has 1 N–H and O–H groups in total. The van der Waals surface area contributed by atoms with Gasteiger partial charge in [0, 0.05) is 11.8 Å². The van der Waals surface area contributed by atoms with E-state index in [0.29, 0.717) is 5.92 Å². The molecule has 4 heteroatoms. The predicted molar refractivity (Wildman–Crippen MR) is 97.0 cm³/mol. The summed E-state index contributed by atoms with van der Waals surface area (Å²) in [6, 6.07) is 10.4. The van der Waals surface area contributed by atoms with Crippen molar-refractivity contribution in [1.82, 2.24) is 9.38 Å². The highest BCUT2D eigenvalue weighted by Gasteiger charge is 2.44. The zero-order valence-electron chi connectivity index (χ0n) is 14.6. The van der Waals surface area contributed by atoms with E-state index in [0.717, 1.165) is 54.0 Å². The van der Waals surface area contributed by atoms with E-state index in [2.05, 4.69) is 35.6 Å². The fourth-order valence-electron chi connectivity index (χ4n) is 4.73. The van der Waals surface area contributed by atoms with Crippen LogP contribution in [0.25, 0.3) is 16.9 Å². The van der Waals surface area contributed by atoms with Crippen molar-refractivity contribution in [2.24, 2.45) is 0 Å². The Morgan fingerprint density at radius 3 is 3.00 bits per heavy atom. The fourth-order valence-corrected chi connectivity index (χ4v) is 4.73. The molecule has 128 valence electrons. The maximum Gasteiger partial charge on any atom is 0.138 e. The van der Waals surface area contributed by atoms with Crippen LogP contribution in [0.2, 0.25) is 0 Å². The summed E-state index contributed by atoms with van der Waals surface area (Å²) in [7, 11) is 1.70. The first-order valence-electron chi connectivity index (χ1n) is 8.99. The molecule has 2 bridgehead atoms. The first-order chi connectivity index (χ1) is 12.1. The second-order valence-electron chi connectivity index (χ2n) is 7.52. The lowest BCUT2D eigenvalue weighted by molar-refractivity contribution is -0.0112. The molecule has 1 aromatic carbocycles. The fraction of sp³-hybridized carbons (Fsp3) is 0.381. The maximum absolute atomic E-state index is 11.6. The van der Waals surface area contributed by atoms with E-state index in [1.165, 1.54) is 11.1 Å². The molecule has 0 unspecified atom stereocenters. The highest BCUT2D eigenvalue weighted by atomic mass is 16.5. The molecule has 5 rings (SSSR count). The molecular weight excluding hydrogens is 312 g/mol. The van der Waals surface area contributed by atoms with Gasteiger partial charge >= 0.3 is 0 Å². The zero-order chi connectivity index (χ0) is 17.2. The molecule has 2 aliphatic rings. The number of methoxy groups -OCH3 is 1. The predicted octanol–water partition coefficient (Wildman–Crippen LogP) is 4.18. The molecule has 1 fully saturated rings. The third-order valence-corrected chi connectivity index (χ3v) is 5.90. The number of rotatable bonds is 1. The van der Waals surface area contributed by atoms with Gasteiger partial charge < -0.3 is 14.2 Å². The minimum atomic E-state index is -0.820. The summed E-state index contributed by atoms with van der Waals surface area (Å²) in [6.07, 6.45) is 5.72. The smallest absolute Gasteiger partial charge is 0.138 e. The van der Waals surface area contributed by atoms with Gasteiger partial charge in [-0.05, 0) is 80.0 Å². The molecule has 25 heavy (non-hydrogen) atoms. The van der Waals surface area contributed by atoms with Crippen LogP contribution in [0.1, 0.15) is 48.4 Å². The average Bonchev–Trinajstić information content (AvgIpc) is 2.97. The van der Waals surface area contributed by atoms with E-state index in [1.54, 1.807) is 7.11 Å². The molecule has 0 aliphatic heterocycles. The molecule has 2 atom stereocenters. The van der Waals surface area contributed by atoms with Crippen LogP contribution in [-0.2, 0) is 5.60 Å². The van der Waals surface area contributed by atoms with Gasteiger partial charge in [0.1, 0.15) is 17.0 Å². The van der Waals surface area contributed by atoms with Crippen LogP contribution < -0.4 is 4.74 Å². The van der Waals surface area contributed by atoms with E-state index >= 15 is 0 Å². The lowest BCUT2D eigenvalue weighted by Gasteiger charge is -2.35. The van der Waals surface area contributed by atoms with E-state index in [4.69, 9.17) is 9.72 Å². The number of aromatic nitrogens is 2. The Kier molecular flexibility index (Phi) is 3.04. The van der Waals surface area contributed by atoms with E-state index in [-0.39, 0.29) is 0 Å². The van der Waals surface area contributed by atoms with Crippen molar-refractivity contribution in [2.45, 2.75) is 44.1 Å². The minimum absolute atomic E-state index is 0.346. The normalized spacial score (nSPS) is 24.5. The molecule has 2 heterocycles. The van der Waals surface area contributed by atoms with Crippen LogP contribution in [0.5, 0.6) is 5.75 Å². The van der Waals surface area contributed by atoms with Gasteiger partial charge in [-0.1, -0.05) is 0 Å². The molecular formula is C21H22N2O2. The number of benzene rings is 1. The Bertz CT molecular complexity index is 991. The highest BCUT2D eigenvalue weighted by Crippen LogP contribution is 2.52. The first kappa shape index (κ1) is 15.0. The van der Waals surface area contributed by atoms with Crippen molar-refractivity contribution in [1.29, 1.82) is 0 Å². The summed E-state index contributed by atoms with van der Waals surface area (Å²) in [5, 5.41) is 11.6. The van der Waals surface area contributed by atoms with Gasteiger partial charge in [0.2, 0.25) is 0 Å². The number of ether oxygens (including phenoxy) is 1. The van der Waals surface area contributed by atoms with Gasteiger partial charge in [-0.15, -0.1) is 0 Å². The van der Waals surface area contributed by atoms with E-state index < -0.39 is 5.60 Å². The number of aryl methyl sites for hydroxylation is 1. The van der Waals surface area contributed by atoms with Crippen molar-refractivity contribution in [3.63, 3.8) is 0 Å². The zero-order valence-corrected chi connectivity index (χ0v) is 14.6. The second-order valence-corrected chi connectivity index (χ2v) is 7.52. The maximum atomic E-state index is 11.6. The summed E-state index contributed by atoms with van der Waals surface area (Å²) in [4.78, 5) is 4.94. The molecule has 2 aliphatic carbocycles. The van der Waals surface area contributed by atoms with Crippen LogP contribution >= 0.6 is 0 Å². The van der Waals surface area contributed by atoms with Crippen LogP contribution in [-0.4, -0.2) is 21.6 Å².